The van der Waals surface area contributed by atoms with Gasteiger partial charge in [-0.3, -0.25) is 0 Å². The average molecular weight is 269 g/mol. The molecule has 0 bridgehead atoms. The van der Waals surface area contributed by atoms with E-state index >= 15 is 0 Å². The monoisotopic (exact) mass is 269 g/mol. The van der Waals surface area contributed by atoms with Crippen molar-refractivity contribution in [2.45, 2.75) is 56.5 Å². The predicted octanol–water partition coefficient (Wildman–Crippen LogP) is 2.79. The van der Waals surface area contributed by atoms with E-state index in [1.54, 1.807) is 0 Å². The number of thioether (sulfide) groups is 1. The van der Waals surface area contributed by atoms with Gasteiger partial charge in [0, 0.05) is 18.2 Å². The van der Waals surface area contributed by atoms with Crippen molar-refractivity contribution in [3.63, 3.8) is 0 Å². The summed E-state index contributed by atoms with van der Waals surface area (Å²) in [6.07, 6.45) is 7.73. The second kappa shape index (κ2) is 7.79. The van der Waals surface area contributed by atoms with Crippen LogP contribution in [0.15, 0.2) is 4.52 Å². The number of rotatable bonds is 7. The molecule has 1 aromatic heterocycles. The zero-order valence-corrected chi connectivity index (χ0v) is 12.0. The quantitative estimate of drug-likeness (QED) is 0.771. The summed E-state index contributed by atoms with van der Waals surface area (Å²) in [6.45, 7) is 3.99. The Hall–Kier alpha value is -0.550. The van der Waals surface area contributed by atoms with Gasteiger partial charge in [0.05, 0.1) is 5.75 Å². The lowest BCUT2D eigenvalue weighted by atomic mass is 10.0. The van der Waals surface area contributed by atoms with Gasteiger partial charge in [0.1, 0.15) is 0 Å². The van der Waals surface area contributed by atoms with E-state index in [9.17, 15) is 0 Å². The third-order valence-electron chi connectivity index (χ3n) is 3.28. The van der Waals surface area contributed by atoms with Gasteiger partial charge in [-0.1, -0.05) is 31.3 Å². The third kappa shape index (κ3) is 4.61. The highest BCUT2D eigenvalue weighted by atomic mass is 32.2. The van der Waals surface area contributed by atoms with Crippen LogP contribution < -0.4 is 5.32 Å². The number of likely N-dealkylation sites (N-methyl/N-ethyl adjacent to an activating group) is 1. The highest BCUT2D eigenvalue weighted by molar-refractivity contribution is 7.99. The van der Waals surface area contributed by atoms with Crippen molar-refractivity contribution in [1.82, 2.24) is 15.5 Å². The molecule has 1 aliphatic rings. The molecule has 2 rings (SSSR count). The summed E-state index contributed by atoms with van der Waals surface area (Å²) in [6, 6.07) is 0. The molecule has 0 atom stereocenters. The minimum absolute atomic E-state index is 0.759. The predicted molar refractivity (Wildman–Crippen MR) is 74.7 cm³/mol. The lowest BCUT2D eigenvalue weighted by molar-refractivity contribution is 0.372. The molecule has 102 valence electrons. The lowest BCUT2D eigenvalue weighted by Crippen LogP contribution is -2.16. The maximum Gasteiger partial charge on any atom is 0.227 e. The van der Waals surface area contributed by atoms with Gasteiger partial charge >= 0.3 is 0 Å². The lowest BCUT2D eigenvalue weighted by Gasteiger charge is -2.19. The van der Waals surface area contributed by atoms with Crippen molar-refractivity contribution in [3.8, 4) is 0 Å². The Labute approximate surface area is 113 Å². The van der Waals surface area contributed by atoms with Gasteiger partial charge in [-0.05, 0) is 19.4 Å². The van der Waals surface area contributed by atoms with Crippen molar-refractivity contribution in [3.05, 3.63) is 11.7 Å². The number of nitrogens with one attached hydrogen (secondary N) is 1. The fraction of sp³-hybridized carbons (Fsp3) is 0.846. The highest BCUT2D eigenvalue weighted by Crippen LogP contribution is 2.29. The summed E-state index contributed by atoms with van der Waals surface area (Å²) in [5, 5.41) is 8.11. The molecule has 0 saturated heterocycles. The normalized spacial score (nSPS) is 17.2. The van der Waals surface area contributed by atoms with Crippen LogP contribution in [-0.4, -0.2) is 28.5 Å². The molecule has 18 heavy (non-hydrogen) atoms. The summed E-state index contributed by atoms with van der Waals surface area (Å²) < 4.78 is 5.24. The highest BCUT2D eigenvalue weighted by Gasteiger charge is 2.15. The largest absolute Gasteiger partial charge is 0.339 e. The van der Waals surface area contributed by atoms with E-state index in [1.165, 1.54) is 32.1 Å². The van der Waals surface area contributed by atoms with Gasteiger partial charge in [0.2, 0.25) is 5.89 Å². The number of hydrogen-bond acceptors (Lipinski definition) is 5. The molecule has 0 aromatic carbocycles. The van der Waals surface area contributed by atoms with Crippen LogP contribution in [0.3, 0.4) is 0 Å². The molecule has 1 aromatic rings. The van der Waals surface area contributed by atoms with Crippen molar-refractivity contribution in [2.24, 2.45) is 0 Å². The molecule has 0 aliphatic heterocycles. The molecule has 1 N–H and O–H groups in total. The zero-order chi connectivity index (χ0) is 12.6. The molecule has 1 saturated carbocycles. The van der Waals surface area contributed by atoms with Crippen molar-refractivity contribution in [1.29, 1.82) is 0 Å². The van der Waals surface area contributed by atoms with Crippen molar-refractivity contribution < 1.29 is 4.52 Å². The van der Waals surface area contributed by atoms with E-state index in [0.717, 1.165) is 42.2 Å². The van der Waals surface area contributed by atoms with Crippen LogP contribution in [0, 0.1) is 0 Å². The maximum atomic E-state index is 5.24. The van der Waals surface area contributed by atoms with E-state index in [0.29, 0.717) is 0 Å². The Bertz CT molecular complexity index is 337. The van der Waals surface area contributed by atoms with Gasteiger partial charge in [-0.25, -0.2) is 0 Å². The van der Waals surface area contributed by atoms with Gasteiger partial charge in [0.25, 0.3) is 0 Å². The average Bonchev–Trinajstić information content (AvgIpc) is 2.86. The Morgan fingerprint density at radius 2 is 2.17 bits per heavy atom. The van der Waals surface area contributed by atoms with E-state index < -0.39 is 0 Å². The van der Waals surface area contributed by atoms with Crippen LogP contribution in [0.1, 0.15) is 50.7 Å². The van der Waals surface area contributed by atoms with Crippen LogP contribution >= 0.6 is 11.8 Å². The second-order valence-electron chi connectivity index (χ2n) is 4.78. The fourth-order valence-electron chi connectivity index (χ4n) is 2.25. The van der Waals surface area contributed by atoms with Crippen LogP contribution in [-0.2, 0) is 12.2 Å². The zero-order valence-electron chi connectivity index (χ0n) is 11.2. The fourth-order valence-corrected chi connectivity index (χ4v) is 3.42. The maximum absolute atomic E-state index is 5.24. The van der Waals surface area contributed by atoms with Gasteiger partial charge in [-0.2, -0.15) is 16.7 Å². The van der Waals surface area contributed by atoms with Crippen LogP contribution in [0.25, 0.3) is 0 Å². The summed E-state index contributed by atoms with van der Waals surface area (Å²) in [5.74, 6) is 2.52. The molecular weight excluding hydrogens is 246 g/mol. The Balaban J connectivity index is 1.69. The molecule has 0 radical (unpaired) electrons. The number of aromatic nitrogens is 2. The van der Waals surface area contributed by atoms with E-state index in [-0.39, 0.29) is 0 Å². The molecule has 1 fully saturated rings. The van der Waals surface area contributed by atoms with E-state index in [4.69, 9.17) is 4.52 Å². The van der Waals surface area contributed by atoms with E-state index in [1.807, 2.05) is 11.8 Å². The number of hydrogen-bond donors (Lipinski definition) is 1. The molecule has 1 heterocycles. The van der Waals surface area contributed by atoms with Crippen molar-refractivity contribution in [2.75, 3.05) is 13.1 Å². The first-order chi connectivity index (χ1) is 8.88. The molecule has 0 spiro atoms. The van der Waals surface area contributed by atoms with Crippen molar-refractivity contribution >= 4 is 11.8 Å². The smallest absolute Gasteiger partial charge is 0.227 e. The summed E-state index contributed by atoms with van der Waals surface area (Å²) >= 11 is 1.99. The van der Waals surface area contributed by atoms with Crippen LogP contribution in [0.2, 0.25) is 0 Å². The van der Waals surface area contributed by atoms with Gasteiger partial charge < -0.3 is 9.84 Å². The summed E-state index contributed by atoms with van der Waals surface area (Å²) in [7, 11) is 0. The minimum Gasteiger partial charge on any atom is -0.339 e. The van der Waals surface area contributed by atoms with E-state index in [2.05, 4.69) is 22.4 Å². The first-order valence-electron chi connectivity index (χ1n) is 7.02. The second-order valence-corrected chi connectivity index (χ2v) is 6.07. The molecular formula is C13H23N3OS. The first-order valence-corrected chi connectivity index (χ1v) is 8.07. The topological polar surface area (TPSA) is 51.0 Å². The minimum atomic E-state index is 0.759. The first kappa shape index (κ1) is 13.9. The van der Waals surface area contributed by atoms with Gasteiger partial charge in [-0.15, -0.1) is 0 Å². The third-order valence-corrected chi connectivity index (χ3v) is 4.64. The Morgan fingerprint density at radius 1 is 1.33 bits per heavy atom. The Morgan fingerprint density at radius 3 is 2.94 bits per heavy atom. The summed E-state index contributed by atoms with van der Waals surface area (Å²) in [4.78, 5) is 4.43. The molecule has 4 nitrogen and oxygen atoms in total. The molecule has 0 unspecified atom stereocenters. The molecule has 1 aliphatic carbocycles. The SMILES string of the molecule is CCNCCc1nc(CSC2CCCCC2)no1. The van der Waals surface area contributed by atoms with Crippen LogP contribution in [0.4, 0.5) is 0 Å². The Kier molecular flexibility index (Phi) is 6.00. The van der Waals surface area contributed by atoms with Crippen LogP contribution in [0.5, 0.6) is 0 Å². The van der Waals surface area contributed by atoms with Gasteiger partial charge in [0.15, 0.2) is 5.82 Å². The molecule has 0 amide bonds. The summed E-state index contributed by atoms with van der Waals surface area (Å²) in [5.41, 5.74) is 0. The number of nitrogens with zero attached hydrogens (tertiary/aromatic N) is 2. The standard InChI is InChI=1S/C13H23N3OS/c1-2-14-9-8-13-15-12(16-17-13)10-18-11-6-4-3-5-7-11/h11,14H,2-10H2,1H3. The molecule has 5 heteroatoms.